The molecule has 0 heterocycles. The molecule has 44 valence electrons. The molecule has 0 aromatic rings. The lowest BCUT2D eigenvalue weighted by Crippen LogP contribution is -2.50. The Hall–Kier alpha value is 0.0569. The monoisotopic (exact) mass is 123 g/mol. The van der Waals surface area contributed by atoms with Crippen molar-refractivity contribution in [3.8, 4) is 0 Å². The summed E-state index contributed by atoms with van der Waals surface area (Å²) in [6, 6.07) is 0. The largest absolute Gasteiger partial charge is 0.590 e. The molecular formula is C2H9NO3Si. The molecule has 0 atom stereocenters. The number of nitrogens with zero attached hydrogens (tertiary/aromatic N) is 1. The zero-order valence-corrected chi connectivity index (χ0v) is 5.29. The second-order valence-corrected chi connectivity index (χ2v) is 3.59. The molecule has 0 spiro atoms. The van der Waals surface area contributed by atoms with Gasteiger partial charge in [0.25, 0.3) is 0 Å². The molecule has 7 heavy (non-hydrogen) atoms. The van der Waals surface area contributed by atoms with Crippen molar-refractivity contribution in [2.75, 3.05) is 14.1 Å². The third-order valence-corrected chi connectivity index (χ3v) is 1.80. The fourth-order valence-electron chi connectivity index (χ4n) is 0. The van der Waals surface area contributed by atoms with Crippen molar-refractivity contribution in [2.45, 2.75) is 0 Å². The molecule has 5 heteroatoms. The van der Waals surface area contributed by atoms with E-state index in [1.807, 2.05) is 0 Å². The normalized spacial score (nSPS) is 12.9. The summed E-state index contributed by atoms with van der Waals surface area (Å²) < 4.78 is 0.993. The molecule has 0 aliphatic rings. The van der Waals surface area contributed by atoms with Crippen LogP contribution in [0.3, 0.4) is 0 Å². The Morgan fingerprint density at radius 2 is 1.29 bits per heavy atom. The maximum absolute atomic E-state index is 8.27. The summed E-state index contributed by atoms with van der Waals surface area (Å²) in [6.07, 6.45) is 0. The summed E-state index contributed by atoms with van der Waals surface area (Å²) >= 11 is 0. The van der Waals surface area contributed by atoms with Gasteiger partial charge in [0.1, 0.15) is 0 Å². The van der Waals surface area contributed by atoms with Gasteiger partial charge in [0, 0.05) is 0 Å². The van der Waals surface area contributed by atoms with E-state index in [1.54, 1.807) is 0 Å². The Morgan fingerprint density at radius 3 is 1.29 bits per heavy atom. The van der Waals surface area contributed by atoms with Crippen molar-refractivity contribution in [2.24, 2.45) is 0 Å². The minimum atomic E-state index is -3.90. The van der Waals surface area contributed by atoms with E-state index < -0.39 is 8.97 Å². The lowest BCUT2D eigenvalue weighted by atomic mass is 11.3. The first-order valence-electron chi connectivity index (χ1n) is 1.79. The molecule has 0 fully saturated rings. The van der Waals surface area contributed by atoms with Crippen LogP contribution in [0, 0.1) is 0 Å². The van der Waals surface area contributed by atoms with Gasteiger partial charge in [-0.05, 0) is 14.1 Å². The molecule has 0 saturated heterocycles. The summed E-state index contributed by atoms with van der Waals surface area (Å²) in [5.74, 6) is 0. The highest BCUT2D eigenvalue weighted by Crippen LogP contribution is 1.86. The van der Waals surface area contributed by atoms with Gasteiger partial charge in [0.15, 0.2) is 0 Å². The van der Waals surface area contributed by atoms with Crippen molar-refractivity contribution in [1.29, 1.82) is 0 Å². The van der Waals surface area contributed by atoms with Crippen LogP contribution in [-0.2, 0) is 0 Å². The van der Waals surface area contributed by atoms with Crippen LogP contribution in [0.4, 0.5) is 0 Å². The molecule has 0 aromatic carbocycles. The summed E-state index contributed by atoms with van der Waals surface area (Å²) in [5.41, 5.74) is 0. The van der Waals surface area contributed by atoms with Gasteiger partial charge in [-0.3, -0.25) is 4.57 Å². The standard InChI is InChI=1S/C2H9NO3Si/c1-3(2)7(4,5)6/h4-6H,1-2H3. The Balaban J connectivity index is 3.54. The second kappa shape index (κ2) is 1.89. The van der Waals surface area contributed by atoms with E-state index in [4.69, 9.17) is 14.4 Å². The molecule has 0 aliphatic heterocycles. The zero-order chi connectivity index (χ0) is 6.08. The van der Waals surface area contributed by atoms with Crippen molar-refractivity contribution in [3.63, 3.8) is 0 Å². The van der Waals surface area contributed by atoms with Crippen LogP contribution in [0.25, 0.3) is 0 Å². The molecule has 3 N–H and O–H groups in total. The summed E-state index contributed by atoms with van der Waals surface area (Å²) in [6.45, 7) is 0. The van der Waals surface area contributed by atoms with Crippen molar-refractivity contribution >= 4 is 8.97 Å². The van der Waals surface area contributed by atoms with Crippen LogP contribution < -0.4 is 0 Å². The van der Waals surface area contributed by atoms with E-state index in [2.05, 4.69) is 0 Å². The molecule has 0 aliphatic carbocycles. The molecule has 0 radical (unpaired) electrons. The first-order valence-corrected chi connectivity index (χ1v) is 3.58. The molecule has 0 saturated carbocycles. The van der Waals surface area contributed by atoms with Gasteiger partial charge in [-0.2, -0.15) is 0 Å². The summed E-state index contributed by atoms with van der Waals surface area (Å²) in [4.78, 5) is 24.8. The van der Waals surface area contributed by atoms with Crippen LogP contribution >= 0.6 is 0 Å². The lowest BCUT2D eigenvalue weighted by Gasteiger charge is -2.15. The van der Waals surface area contributed by atoms with Crippen molar-refractivity contribution < 1.29 is 14.4 Å². The van der Waals surface area contributed by atoms with Crippen LogP contribution in [0.1, 0.15) is 0 Å². The van der Waals surface area contributed by atoms with Crippen LogP contribution in [0.15, 0.2) is 0 Å². The molecule has 0 bridgehead atoms. The lowest BCUT2D eigenvalue weighted by molar-refractivity contribution is 0.159. The first-order chi connectivity index (χ1) is 2.94. The van der Waals surface area contributed by atoms with Crippen molar-refractivity contribution in [1.82, 2.24) is 4.57 Å². The average molecular weight is 123 g/mol. The van der Waals surface area contributed by atoms with Gasteiger partial charge in [-0.1, -0.05) is 0 Å². The maximum atomic E-state index is 8.27. The Labute approximate surface area is 43.1 Å². The maximum Gasteiger partial charge on any atom is 0.590 e. The van der Waals surface area contributed by atoms with E-state index in [0.29, 0.717) is 0 Å². The highest BCUT2D eigenvalue weighted by atomic mass is 28.4. The fourth-order valence-corrected chi connectivity index (χ4v) is 0. The van der Waals surface area contributed by atoms with E-state index in [1.165, 1.54) is 14.1 Å². The molecule has 0 aromatic heterocycles. The van der Waals surface area contributed by atoms with Gasteiger partial charge in [-0.25, -0.2) is 0 Å². The highest BCUT2D eigenvalue weighted by molar-refractivity contribution is 6.52. The van der Waals surface area contributed by atoms with Gasteiger partial charge in [0.2, 0.25) is 0 Å². The fraction of sp³-hybridized carbons (Fsp3) is 1.00. The molecule has 0 amide bonds. The predicted molar refractivity (Wildman–Crippen MR) is 26.1 cm³/mol. The van der Waals surface area contributed by atoms with Gasteiger partial charge < -0.3 is 14.4 Å². The second-order valence-electron chi connectivity index (χ2n) is 1.49. The van der Waals surface area contributed by atoms with E-state index in [0.717, 1.165) is 4.57 Å². The Bertz CT molecular complexity index is 58.4. The number of rotatable bonds is 1. The van der Waals surface area contributed by atoms with Crippen LogP contribution in [-0.4, -0.2) is 42.0 Å². The minimum absolute atomic E-state index is 0.993. The number of hydrogen-bond acceptors (Lipinski definition) is 4. The zero-order valence-electron chi connectivity index (χ0n) is 4.29. The third kappa shape index (κ3) is 2.72. The smallest absolute Gasteiger partial charge is 0.377 e. The van der Waals surface area contributed by atoms with E-state index >= 15 is 0 Å². The van der Waals surface area contributed by atoms with Crippen LogP contribution in [0.2, 0.25) is 0 Å². The summed E-state index contributed by atoms with van der Waals surface area (Å²) in [7, 11) is -1.11. The van der Waals surface area contributed by atoms with Gasteiger partial charge in [0.05, 0.1) is 0 Å². The molecular weight excluding hydrogens is 114 g/mol. The summed E-state index contributed by atoms with van der Waals surface area (Å²) in [5, 5.41) is 0. The van der Waals surface area contributed by atoms with Gasteiger partial charge in [-0.15, -0.1) is 0 Å². The number of hydrogen-bond donors (Lipinski definition) is 3. The quantitative estimate of drug-likeness (QED) is 0.351. The predicted octanol–water partition coefficient (Wildman–Crippen LogP) is -2.04. The third-order valence-electron chi connectivity index (χ3n) is 0.600. The highest BCUT2D eigenvalue weighted by Gasteiger charge is 2.30. The minimum Gasteiger partial charge on any atom is -0.377 e. The Morgan fingerprint density at radius 1 is 1.14 bits per heavy atom. The van der Waals surface area contributed by atoms with E-state index in [9.17, 15) is 0 Å². The van der Waals surface area contributed by atoms with Gasteiger partial charge >= 0.3 is 8.97 Å². The SMILES string of the molecule is CN(C)[Si](O)(O)O. The molecule has 0 unspecified atom stereocenters. The van der Waals surface area contributed by atoms with E-state index in [-0.39, 0.29) is 0 Å². The molecule has 0 rings (SSSR count). The van der Waals surface area contributed by atoms with Crippen molar-refractivity contribution in [3.05, 3.63) is 0 Å². The Kier molecular flexibility index (Phi) is 1.90. The molecule has 4 nitrogen and oxygen atoms in total. The first kappa shape index (κ1) is 7.06. The topological polar surface area (TPSA) is 63.9 Å². The average Bonchev–Trinajstić information content (AvgIpc) is 1.31. The van der Waals surface area contributed by atoms with Crippen LogP contribution in [0.5, 0.6) is 0 Å².